The summed E-state index contributed by atoms with van der Waals surface area (Å²) in [5, 5.41) is 6.96. The Balaban J connectivity index is 1.75. The van der Waals surface area contributed by atoms with Gasteiger partial charge in [-0.05, 0) is 24.6 Å². The monoisotopic (exact) mass is 290 g/mol. The van der Waals surface area contributed by atoms with Crippen molar-refractivity contribution in [2.45, 2.75) is 12.5 Å². The summed E-state index contributed by atoms with van der Waals surface area (Å²) in [5.74, 6) is 1.55. The van der Waals surface area contributed by atoms with Crippen molar-refractivity contribution in [2.75, 3.05) is 11.5 Å². The predicted molar refractivity (Wildman–Crippen MR) is 75.1 cm³/mol. The number of hydrogen-bond donors (Lipinski definition) is 1. The molecule has 20 heavy (non-hydrogen) atoms. The van der Waals surface area contributed by atoms with Crippen molar-refractivity contribution in [3.63, 3.8) is 0 Å². The molecule has 3 rings (SSSR count). The first-order valence-electron chi connectivity index (χ1n) is 6.35. The lowest BCUT2D eigenvalue weighted by atomic mass is 10.2. The fourth-order valence-electron chi connectivity index (χ4n) is 2.12. The predicted octanol–water partition coefficient (Wildman–Crippen LogP) is 0.518. The van der Waals surface area contributed by atoms with Crippen LogP contribution >= 0.6 is 0 Å². The summed E-state index contributed by atoms with van der Waals surface area (Å²) < 4.78 is 12.9. The van der Waals surface area contributed by atoms with Crippen LogP contribution in [0.5, 0.6) is 0 Å². The molecule has 104 valence electrons. The summed E-state index contributed by atoms with van der Waals surface area (Å²) in [5.41, 5.74) is 0.343. The van der Waals surface area contributed by atoms with Crippen LogP contribution in [0.25, 0.3) is 5.82 Å². The summed E-state index contributed by atoms with van der Waals surface area (Å²) in [4.78, 5) is 16.4. The second-order valence-electron chi connectivity index (χ2n) is 4.60. The van der Waals surface area contributed by atoms with E-state index in [1.807, 2.05) is 0 Å². The molecule has 0 spiro atoms. The largest absolute Gasteiger partial charge is 0.347 e. The fraction of sp³-hybridized carbons (Fsp3) is 0.308. The van der Waals surface area contributed by atoms with Crippen molar-refractivity contribution in [1.82, 2.24) is 20.1 Å². The van der Waals surface area contributed by atoms with Gasteiger partial charge in [-0.1, -0.05) is 6.07 Å². The Labute approximate surface area is 118 Å². The number of pyridine rings is 1. The molecule has 6 nitrogen and oxygen atoms in total. The van der Waals surface area contributed by atoms with Crippen LogP contribution < -0.4 is 5.32 Å². The van der Waals surface area contributed by atoms with Gasteiger partial charge >= 0.3 is 0 Å². The lowest BCUT2D eigenvalue weighted by Crippen LogP contribution is -2.35. The lowest BCUT2D eigenvalue weighted by Gasteiger charge is -2.11. The highest BCUT2D eigenvalue weighted by Crippen LogP contribution is 2.09. The Morgan fingerprint density at radius 1 is 1.40 bits per heavy atom. The van der Waals surface area contributed by atoms with Crippen molar-refractivity contribution in [2.24, 2.45) is 0 Å². The molecule has 3 heterocycles. The van der Waals surface area contributed by atoms with Gasteiger partial charge in [0.15, 0.2) is 5.82 Å². The molecule has 1 saturated heterocycles. The van der Waals surface area contributed by atoms with Crippen LogP contribution in [-0.2, 0) is 10.8 Å². The van der Waals surface area contributed by atoms with Gasteiger partial charge in [-0.15, -0.1) is 0 Å². The van der Waals surface area contributed by atoms with Crippen molar-refractivity contribution < 1.29 is 9.00 Å². The maximum Gasteiger partial charge on any atom is 0.270 e. The number of rotatable bonds is 3. The number of hydrogen-bond acceptors (Lipinski definition) is 4. The number of nitrogens with one attached hydrogen (secondary N) is 1. The van der Waals surface area contributed by atoms with Crippen molar-refractivity contribution in [3.05, 3.63) is 42.4 Å². The molecular formula is C13H14N4O2S. The molecule has 0 aliphatic carbocycles. The zero-order valence-corrected chi connectivity index (χ0v) is 11.5. The molecule has 1 fully saturated rings. The quantitative estimate of drug-likeness (QED) is 0.894. The molecule has 0 bridgehead atoms. The Hall–Kier alpha value is -2.02. The number of aromatic nitrogens is 3. The molecule has 1 N–H and O–H groups in total. The molecule has 0 saturated carbocycles. The van der Waals surface area contributed by atoms with E-state index in [0.717, 1.165) is 6.42 Å². The first kappa shape index (κ1) is 13.0. The van der Waals surface area contributed by atoms with Crippen LogP contribution in [0.1, 0.15) is 16.9 Å². The summed E-state index contributed by atoms with van der Waals surface area (Å²) in [6, 6.07) is 7.00. The van der Waals surface area contributed by atoms with E-state index in [4.69, 9.17) is 0 Å². The highest BCUT2D eigenvalue weighted by atomic mass is 32.2. The Morgan fingerprint density at radius 2 is 2.30 bits per heavy atom. The Kier molecular flexibility index (Phi) is 3.60. The fourth-order valence-corrected chi connectivity index (χ4v) is 3.53. The molecule has 0 radical (unpaired) electrons. The van der Waals surface area contributed by atoms with E-state index in [2.05, 4.69) is 15.4 Å². The van der Waals surface area contributed by atoms with E-state index in [1.165, 1.54) is 0 Å². The van der Waals surface area contributed by atoms with E-state index in [9.17, 15) is 9.00 Å². The van der Waals surface area contributed by atoms with Gasteiger partial charge in [-0.3, -0.25) is 9.00 Å². The molecule has 7 heteroatoms. The normalized spacial score (nSPS) is 21.8. The van der Waals surface area contributed by atoms with Gasteiger partial charge in [-0.2, -0.15) is 5.10 Å². The van der Waals surface area contributed by atoms with Gasteiger partial charge in [0, 0.05) is 40.7 Å². The van der Waals surface area contributed by atoms with Crippen molar-refractivity contribution in [3.8, 4) is 5.82 Å². The third-order valence-electron chi connectivity index (χ3n) is 3.12. The average Bonchev–Trinajstić information content (AvgIpc) is 3.11. The smallest absolute Gasteiger partial charge is 0.270 e. The molecule has 0 aromatic carbocycles. The zero-order chi connectivity index (χ0) is 13.9. The zero-order valence-electron chi connectivity index (χ0n) is 10.7. The van der Waals surface area contributed by atoms with Gasteiger partial charge in [0.2, 0.25) is 0 Å². The third-order valence-corrected chi connectivity index (χ3v) is 4.59. The number of carbonyl (C=O) groups excluding carboxylic acids is 1. The molecule has 2 aromatic heterocycles. The SMILES string of the molecule is O=C(N[C@H]1CC[S@](=O)C1)c1cccc(-n2cccn2)n1. The standard InChI is InChI=1S/C13H14N4O2S/c18-13(15-10-5-8-20(19)9-10)11-3-1-4-12(16-11)17-7-2-6-14-17/h1-4,6-7,10H,5,8-9H2,(H,15,18)/t10-,20-/m0/s1. The third kappa shape index (κ3) is 2.77. The van der Waals surface area contributed by atoms with E-state index in [1.54, 1.807) is 41.3 Å². The number of carbonyl (C=O) groups is 1. The van der Waals surface area contributed by atoms with Crippen LogP contribution in [0.2, 0.25) is 0 Å². The molecule has 2 aromatic rings. The molecule has 0 unspecified atom stereocenters. The summed E-state index contributed by atoms with van der Waals surface area (Å²) >= 11 is 0. The van der Waals surface area contributed by atoms with Crippen molar-refractivity contribution in [1.29, 1.82) is 0 Å². The molecular weight excluding hydrogens is 276 g/mol. The van der Waals surface area contributed by atoms with Gasteiger partial charge < -0.3 is 5.32 Å². The van der Waals surface area contributed by atoms with E-state index >= 15 is 0 Å². The molecule has 1 aliphatic rings. The van der Waals surface area contributed by atoms with E-state index in [-0.39, 0.29) is 11.9 Å². The minimum absolute atomic E-state index is 0.0153. The minimum atomic E-state index is -0.804. The van der Waals surface area contributed by atoms with Gasteiger partial charge in [0.25, 0.3) is 5.91 Å². The van der Waals surface area contributed by atoms with Crippen LogP contribution in [-0.4, -0.2) is 42.4 Å². The number of amides is 1. The van der Waals surface area contributed by atoms with Crippen LogP contribution in [0, 0.1) is 0 Å². The maximum atomic E-state index is 12.1. The number of nitrogens with zero attached hydrogens (tertiary/aromatic N) is 3. The molecule has 1 amide bonds. The summed E-state index contributed by atoms with van der Waals surface area (Å²) in [6.45, 7) is 0. The first-order chi connectivity index (χ1) is 9.72. The topological polar surface area (TPSA) is 76.9 Å². The second kappa shape index (κ2) is 5.54. The summed E-state index contributed by atoms with van der Waals surface area (Å²) in [6.07, 6.45) is 4.18. The maximum absolute atomic E-state index is 12.1. The minimum Gasteiger partial charge on any atom is -0.347 e. The Morgan fingerprint density at radius 3 is 3.00 bits per heavy atom. The molecule has 1 aliphatic heterocycles. The first-order valence-corrected chi connectivity index (χ1v) is 7.84. The van der Waals surface area contributed by atoms with Gasteiger partial charge in [0.05, 0.1) is 0 Å². The highest BCUT2D eigenvalue weighted by molar-refractivity contribution is 7.85. The molecule has 2 atom stereocenters. The second-order valence-corrected chi connectivity index (χ2v) is 6.22. The lowest BCUT2D eigenvalue weighted by molar-refractivity contribution is 0.0936. The van der Waals surface area contributed by atoms with Gasteiger partial charge in [-0.25, -0.2) is 9.67 Å². The van der Waals surface area contributed by atoms with Crippen molar-refractivity contribution >= 4 is 16.7 Å². The van der Waals surface area contributed by atoms with Crippen LogP contribution in [0.15, 0.2) is 36.7 Å². The van der Waals surface area contributed by atoms with Crippen LogP contribution in [0.3, 0.4) is 0 Å². The van der Waals surface area contributed by atoms with Gasteiger partial charge in [0.1, 0.15) is 5.69 Å². The highest BCUT2D eigenvalue weighted by Gasteiger charge is 2.23. The average molecular weight is 290 g/mol. The summed E-state index contributed by atoms with van der Waals surface area (Å²) in [7, 11) is -0.804. The Bertz CT molecular complexity index is 642. The van der Waals surface area contributed by atoms with E-state index in [0.29, 0.717) is 23.0 Å². The van der Waals surface area contributed by atoms with E-state index < -0.39 is 10.8 Å². The van der Waals surface area contributed by atoms with Crippen LogP contribution in [0.4, 0.5) is 0 Å².